The summed E-state index contributed by atoms with van der Waals surface area (Å²) >= 11 is 0. The van der Waals surface area contributed by atoms with Crippen molar-refractivity contribution in [1.29, 1.82) is 0 Å². The van der Waals surface area contributed by atoms with E-state index in [9.17, 15) is 9.59 Å². The van der Waals surface area contributed by atoms with Gasteiger partial charge in [-0.3, -0.25) is 9.59 Å². The van der Waals surface area contributed by atoms with E-state index in [0.29, 0.717) is 22.7 Å². The van der Waals surface area contributed by atoms with Crippen molar-refractivity contribution in [3.05, 3.63) is 47.2 Å². The van der Waals surface area contributed by atoms with Crippen LogP contribution in [0.5, 0.6) is 0 Å². The van der Waals surface area contributed by atoms with Crippen molar-refractivity contribution >= 4 is 11.6 Å². The maximum absolute atomic E-state index is 12.6. The largest absolute Gasteiger partial charge is 0.382 e. The third kappa shape index (κ3) is 3.28. The van der Waals surface area contributed by atoms with Crippen molar-refractivity contribution < 1.29 is 9.59 Å². The van der Waals surface area contributed by atoms with Crippen molar-refractivity contribution in [2.24, 2.45) is 5.92 Å². The lowest BCUT2D eigenvalue weighted by molar-refractivity contribution is 0.0561. The molecule has 0 aromatic heterocycles. The number of carbonyl (C=O) groups excluding carboxylic acids is 2. The number of nitrogens with one attached hydrogen (secondary N) is 1. The van der Waals surface area contributed by atoms with Gasteiger partial charge in [-0.1, -0.05) is 30.7 Å². The van der Waals surface area contributed by atoms with Gasteiger partial charge in [-0.05, 0) is 51.1 Å². The molecule has 1 aromatic rings. The lowest BCUT2D eigenvalue weighted by Gasteiger charge is -2.44. The van der Waals surface area contributed by atoms with Crippen LogP contribution in [0.2, 0.25) is 0 Å². The molecule has 1 aromatic carbocycles. The Labute approximate surface area is 149 Å². The molecule has 0 amide bonds. The number of rotatable bonds is 4. The van der Waals surface area contributed by atoms with Crippen LogP contribution in [0.1, 0.15) is 59.2 Å². The number of ketones is 2. The third-order valence-corrected chi connectivity index (χ3v) is 6.02. The average molecular weight is 338 g/mol. The number of Topliss-reactive ketones (excluding diaryl/α,β-unsaturated/α-hetero) is 1. The summed E-state index contributed by atoms with van der Waals surface area (Å²) in [7, 11) is 0. The molecular weight excluding hydrogens is 312 g/mol. The van der Waals surface area contributed by atoms with E-state index >= 15 is 0 Å². The molecule has 2 fully saturated rings. The molecule has 0 saturated carbocycles. The van der Waals surface area contributed by atoms with Crippen LogP contribution in [-0.4, -0.2) is 42.1 Å². The zero-order valence-electron chi connectivity index (χ0n) is 14.7. The van der Waals surface area contributed by atoms with E-state index < -0.39 is 0 Å². The Morgan fingerprint density at radius 3 is 2.68 bits per heavy atom. The molecule has 2 saturated heterocycles. The highest BCUT2D eigenvalue weighted by atomic mass is 16.1. The summed E-state index contributed by atoms with van der Waals surface area (Å²) in [6.45, 7) is 3.27. The summed E-state index contributed by atoms with van der Waals surface area (Å²) in [4.78, 5) is 27.5. The van der Waals surface area contributed by atoms with Crippen LogP contribution >= 0.6 is 0 Å². The molecule has 0 radical (unpaired) electrons. The molecule has 4 heteroatoms. The molecule has 1 aliphatic carbocycles. The molecule has 2 aliphatic heterocycles. The van der Waals surface area contributed by atoms with Crippen LogP contribution in [0, 0.1) is 5.92 Å². The number of piperidine rings is 2. The van der Waals surface area contributed by atoms with Crippen molar-refractivity contribution in [2.75, 3.05) is 19.6 Å². The SMILES string of the molecule is O=C1C=C(NCC[C@@H]2CCCN3CCCC[C@H]23)C(=O)c2ccccc21. The van der Waals surface area contributed by atoms with Gasteiger partial charge in [0, 0.05) is 29.8 Å². The molecule has 4 rings (SSSR count). The van der Waals surface area contributed by atoms with Crippen LogP contribution < -0.4 is 5.32 Å². The summed E-state index contributed by atoms with van der Waals surface area (Å²) in [5.74, 6) is 0.579. The summed E-state index contributed by atoms with van der Waals surface area (Å²) < 4.78 is 0. The topological polar surface area (TPSA) is 49.4 Å². The van der Waals surface area contributed by atoms with Crippen LogP contribution in [0.15, 0.2) is 36.0 Å². The standard InChI is InChI=1S/C21H26N2O2/c24-20-14-18(21(25)17-8-2-1-7-16(17)20)22-11-10-15-6-5-13-23-12-4-3-9-19(15)23/h1-2,7-8,14-15,19,22H,3-6,9-13H2/t15-,19+/m0/s1. The van der Waals surface area contributed by atoms with Gasteiger partial charge in [-0.25, -0.2) is 0 Å². The lowest BCUT2D eigenvalue weighted by atomic mass is 9.81. The van der Waals surface area contributed by atoms with Crippen LogP contribution in [0.3, 0.4) is 0 Å². The Kier molecular flexibility index (Phi) is 4.71. The molecule has 25 heavy (non-hydrogen) atoms. The first-order valence-corrected chi connectivity index (χ1v) is 9.62. The Morgan fingerprint density at radius 1 is 1.00 bits per heavy atom. The van der Waals surface area contributed by atoms with Crippen molar-refractivity contribution in [3.8, 4) is 0 Å². The number of nitrogens with zero attached hydrogens (tertiary/aromatic N) is 1. The van der Waals surface area contributed by atoms with Crippen LogP contribution in [-0.2, 0) is 0 Å². The van der Waals surface area contributed by atoms with Gasteiger partial charge in [0.05, 0.1) is 5.70 Å². The van der Waals surface area contributed by atoms with Gasteiger partial charge in [0.1, 0.15) is 0 Å². The summed E-state index contributed by atoms with van der Waals surface area (Å²) in [6, 6.07) is 7.80. The molecule has 3 aliphatic rings. The van der Waals surface area contributed by atoms with Gasteiger partial charge in [-0.15, -0.1) is 0 Å². The smallest absolute Gasteiger partial charge is 0.209 e. The predicted molar refractivity (Wildman–Crippen MR) is 97.7 cm³/mol. The monoisotopic (exact) mass is 338 g/mol. The molecule has 2 heterocycles. The first-order chi connectivity index (χ1) is 12.2. The van der Waals surface area contributed by atoms with Gasteiger partial charge in [-0.2, -0.15) is 0 Å². The second-order valence-corrected chi connectivity index (χ2v) is 7.51. The summed E-state index contributed by atoms with van der Waals surface area (Å²) in [5.41, 5.74) is 1.50. The maximum atomic E-state index is 12.6. The highest BCUT2D eigenvalue weighted by Gasteiger charge is 2.32. The Hall–Kier alpha value is -1.94. The molecule has 0 unspecified atom stereocenters. The van der Waals surface area contributed by atoms with Crippen LogP contribution in [0.4, 0.5) is 0 Å². The minimum Gasteiger partial charge on any atom is -0.382 e. The van der Waals surface area contributed by atoms with E-state index in [1.54, 1.807) is 18.2 Å². The molecule has 0 bridgehead atoms. The normalized spacial score (nSPS) is 26.6. The van der Waals surface area contributed by atoms with Gasteiger partial charge < -0.3 is 10.2 Å². The molecule has 4 nitrogen and oxygen atoms in total. The lowest BCUT2D eigenvalue weighted by Crippen LogP contribution is -2.48. The molecule has 132 valence electrons. The second-order valence-electron chi connectivity index (χ2n) is 7.51. The fourth-order valence-electron chi connectivity index (χ4n) is 4.75. The summed E-state index contributed by atoms with van der Waals surface area (Å²) in [5, 5.41) is 3.26. The minimum atomic E-state index is -0.0752. The number of fused-ring (bicyclic) bond motifs is 2. The minimum absolute atomic E-state index is 0.0573. The van der Waals surface area contributed by atoms with Crippen molar-refractivity contribution in [3.63, 3.8) is 0 Å². The van der Waals surface area contributed by atoms with E-state index in [1.807, 2.05) is 6.07 Å². The van der Waals surface area contributed by atoms with Gasteiger partial charge >= 0.3 is 0 Å². The first-order valence-electron chi connectivity index (χ1n) is 9.62. The number of hydrogen-bond acceptors (Lipinski definition) is 4. The van der Waals surface area contributed by atoms with Crippen molar-refractivity contribution in [2.45, 2.75) is 44.6 Å². The fourth-order valence-corrected chi connectivity index (χ4v) is 4.75. The van der Waals surface area contributed by atoms with E-state index in [2.05, 4.69) is 10.2 Å². The number of benzene rings is 1. The number of carbonyl (C=O) groups is 2. The quantitative estimate of drug-likeness (QED) is 0.916. The molecule has 1 N–H and O–H groups in total. The third-order valence-electron chi connectivity index (χ3n) is 6.02. The van der Waals surface area contributed by atoms with E-state index in [0.717, 1.165) is 19.0 Å². The Bertz CT molecular complexity index is 708. The van der Waals surface area contributed by atoms with Gasteiger partial charge in [0.2, 0.25) is 5.78 Å². The Balaban J connectivity index is 1.37. The summed E-state index contributed by atoms with van der Waals surface area (Å²) in [6.07, 6.45) is 9.12. The highest BCUT2D eigenvalue weighted by Crippen LogP contribution is 2.32. The number of hydrogen-bond donors (Lipinski definition) is 1. The second kappa shape index (κ2) is 7.12. The zero-order valence-corrected chi connectivity index (χ0v) is 14.7. The zero-order chi connectivity index (χ0) is 17.2. The molecular formula is C21H26N2O2. The van der Waals surface area contributed by atoms with Crippen molar-refractivity contribution in [1.82, 2.24) is 10.2 Å². The van der Waals surface area contributed by atoms with Gasteiger partial charge in [0.25, 0.3) is 0 Å². The average Bonchev–Trinajstić information content (AvgIpc) is 2.66. The number of allylic oxidation sites excluding steroid dienone is 2. The van der Waals surface area contributed by atoms with E-state index in [4.69, 9.17) is 0 Å². The van der Waals surface area contributed by atoms with Gasteiger partial charge in [0.15, 0.2) is 5.78 Å². The fraction of sp³-hybridized carbons (Fsp3) is 0.524. The highest BCUT2D eigenvalue weighted by molar-refractivity contribution is 6.24. The first kappa shape index (κ1) is 16.5. The molecule has 2 atom stereocenters. The van der Waals surface area contributed by atoms with E-state index in [-0.39, 0.29) is 11.6 Å². The predicted octanol–water partition coefficient (Wildman–Crippen LogP) is 3.19. The van der Waals surface area contributed by atoms with E-state index in [1.165, 1.54) is 51.3 Å². The van der Waals surface area contributed by atoms with Crippen LogP contribution in [0.25, 0.3) is 0 Å². The maximum Gasteiger partial charge on any atom is 0.209 e. The Morgan fingerprint density at radius 2 is 1.80 bits per heavy atom. The molecule has 0 spiro atoms.